The van der Waals surface area contributed by atoms with E-state index in [0.717, 1.165) is 10.9 Å². The van der Waals surface area contributed by atoms with Gasteiger partial charge in [0, 0.05) is 24.7 Å². The van der Waals surface area contributed by atoms with Gasteiger partial charge in [-0.25, -0.2) is 4.68 Å². The lowest BCUT2D eigenvalue weighted by atomic mass is 9.93. The first-order valence-corrected chi connectivity index (χ1v) is 11.3. The first-order chi connectivity index (χ1) is 17.0. The molecule has 10 heteroatoms. The van der Waals surface area contributed by atoms with E-state index in [0.29, 0.717) is 17.0 Å². The molecule has 1 amide bonds. The second-order valence-electron chi connectivity index (χ2n) is 8.80. The summed E-state index contributed by atoms with van der Waals surface area (Å²) in [4.78, 5) is 23.5. The molecule has 188 valence electrons. The molecule has 36 heavy (non-hydrogen) atoms. The molecule has 1 unspecified atom stereocenters. The number of amides is 1. The average molecular weight is 499 g/mol. The van der Waals surface area contributed by atoms with Crippen molar-refractivity contribution in [1.82, 2.24) is 19.7 Å². The molecule has 0 radical (unpaired) electrons. The number of hydrogen-bond donors (Lipinski definition) is 1. The Hall–Kier alpha value is -4.08. The number of nitrogens with zero attached hydrogens (tertiary/aromatic N) is 3. The minimum Gasteiger partial charge on any atom is -0.484 e. The van der Waals surface area contributed by atoms with E-state index in [4.69, 9.17) is 4.74 Å². The molecule has 2 aromatic carbocycles. The second-order valence-corrected chi connectivity index (χ2v) is 8.80. The summed E-state index contributed by atoms with van der Waals surface area (Å²) in [5.74, 6) is -1.97. The molecule has 2 atom stereocenters. The lowest BCUT2D eigenvalue weighted by Gasteiger charge is -2.32. The number of hydrogen-bond acceptors (Lipinski definition) is 4. The number of halogens is 3. The highest BCUT2D eigenvalue weighted by molar-refractivity contribution is 5.82. The third kappa shape index (κ3) is 5.27. The van der Waals surface area contributed by atoms with E-state index in [1.54, 1.807) is 92.6 Å². The van der Waals surface area contributed by atoms with E-state index in [2.05, 4.69) is 10.4 Å². The van der Waals surface area contributed by atoms with Gasteiger partial charge >= 0.3 is 12.1 Å². The van der Waals surface area contributed by atoms with Crippen LogP contribution < -0.4 is 15.6 Å². The zero-order valence-corrected chi connectivity index (χ0v) is 19.9. The van der Waals surface area contributed by atoms with Crippen LogP contribution in [0.4, 0.5) is 13.2 Å². The van der Waals surface area contributed by atoms with Crippen LogP contribution in [0.25, 0.3) is 16.6 Å². The second kappa shape index (κ2) is 9.88. The molecule has 1 N–H and O–H groups in total. The summed E-state index contributed by atoms with van der Waals surface area (Å²) in [6, 6.07) is 16.2. The first kappa shape index (κ1) is 25.0. The van der Waals surface area contributed by atoms with Crippen LogP contribution in [0.15, 0.2) is 77.9 Å². The van der Waals surface area contributed by atoms with Gasteiger partial charge in [0.05, 0.1) is 23.4 Å². The van der Waals surface area contributed by atoms with Crippen LogP contribution >= 0.6 is 0 Å². The molecule has 0 aliphatic rings. The standard InChI is InChI=1S/C26H25F3N4O3/c1-16(2)23(31-25(35)26(27,28)29)24(17-7-5-4-6-8-17)36-20-10-11-21-18(13-20)14-30-33(21)19-9-12-22(34)32(3)15-19/h4-16,23-24H,1-3H3,(H,31,35)/t23?,24-/m1/s1. The fourth-order valence-corrected chi connectivity index (χ4v) is 3.96. The maximum atomic E-state index is 13.0. The number of carbonyl (C=O) groups excluding carboxylic acids is 1. The van der Waals surface area contributed by atoms with Gasteiger partial charge in [-0.3, -0.25) is 9.59 Å². The van der Waals surface area contributed by atoms with Gasteiger partial charge in [-0.05, 0) is 35.7 Å². The quantitative estimate of drug-likeness (QED) is 0.406. The molecule has 0 spiro atoms. The Morgan fingerprint density at radius 3 is 2.42 bits per heavy atom. The summed E-state index contributed by atoms with van der Waals surface area (Å²) in [5.41, 5.74) is 1.93. The highest BCUT2D eigenvalue weighted by Gasteiger charge is 2.42. The molecule has 2 heterocycles. The Morgan fingerprint density at radius 2 is 1.78 bits per heavy atom. The van der Waals surface area contributed by atoms with E-state index in [1.807, 2.05) is 0 Å². The van der Waals surface area contributed by atoms with Gasteiger partial charge in [0.25, 0.3) is 0 Å². The van der Waals surface area contributed by atoms with E-state index < -0.39 is 24.2 Å². The van der Waals surface area contributed by atoms with Gasteiger partial charge in [0.2, 0.25) is 5.56 Å². The van der Waals surface area contributed by atoms with E-state index in [-0.39, 0.29) is 11.5 Å². The Balaban J connectivity index is 1.69. The Kier molecular flexibility index (Phi) is 6.87. The maximum Gasteiger partial charge on any atom is 0.471 e. The van der Waals surface area contributed by atoms with Crippen molar-refractivity contribution in [2.24, 2.45) is 13.0 Å². The minimum absolute atomic E-state index is 0.143. The van der Waals surface area contributed by atoms with Crippen LogP contribution in [0, 0.1) is 5.92 Å². The molecule has 7 nitrogen and oxygen atoms in total. The lowest BCUT2D eigenvalue weighted by Crippen LogP contribution is -2.49. The summed E-state index contributed by atoms with van der Waals surface area (Å²) >= 11 is 0. The fourth-order valence-electron chi connectivity index (χ4n) is 3.96. The van der Waals surface area contributed by atoms with Gasteiger partial charge in [-0.15, -0.1) is 0 Å². The molecule has 0 aliphatic carbocycles. The van der Waals surface area contributed by atoms with Gasteiger partial charge < -0.3 is 14.6 Å². The van der Waals surface area contributed by atoms with E-state index in [1.165, 1.54) is 10.6 Å². The molecule has 2 aromatic heterocycles. The third-order valence-electron chi connectivity index (χ3n) is 5.85. The Morgan fingerprint density at radius 1 is 1.06 bits per heavy atom. The summed E-state index contributed by atoms with van der Waals surface area (Å²) < 4.78 is 48.5. The number of carbonyl (C=O) groups is 1. The number of nitrogens with one attached hydrogen (secondary N) is 1. The molecule has 0 saturated heterocycles. The summed E-state index contributed by atoms with van der Waals surface area (Å²) in [6.07, 6.45) is -2.59. The largest absolute Gasteiger partial charge is 0.484 e. The van der Waals surface area contributed by atoms with Crippen molar-refractivity contribution in [2.45, 2.75) is 32.2 Å². The molecule has 0 bridgehead atoms. The molecular weight excluding hydrogens is 473 g/mol. The third-order valence-corrected chi connectivity index (χ3v) is 5.85. The monoisotopic (exact) mass is 498 g/mol. The zero-order valence-electron chi connectivity index (χ0n) is 19.9. The molecule has 0 aliphatic heterocycles. The predicted octanol–water partition coefficient (Wildman–Crippen LogP) is 4.55. The number of benzene rings is 2. The molecule has 4 rings (SSSR count). The number of aromatic nitrogens is 3. The van der Waals surface area contributed by atoms with Crippen molar-refractivity contribution < 1.29 is 22.7 Å². The van der Waals surface area contributed by atoms with Crippen LogP contribution in [-0.4, -0.2) is 32.5 Å². The summed E-state index contributed by atoms with van der Waals surface area (Å²) in [6.45, 7) is 3.45. The van der Waals surface area contributed by atoms with Crippen molar-refractivity contribution in [1.29, 1.82) is 0 Å². The van der Waals surface area contributed by atoms with Gasteiger partial charge in [-0.1, -0.05) is 44.2 Å². The first-order valence-electron chi connectivity index (χ1n) is 11.3. The van der Waals surface area contributed by atoms with Crippen LogP contribution in [0.1, 0.15) is 25.5 Å². The van der Waals surface area contributed by atoms with E-state index >= 15 is 0 Å². The van der Waals surface area contributed by atoms with Crippen LogP contribution in [-0.2, 0) is 11.8 Å². The van der Waals surface area contributed by atoms with Crippen molar-refractivity contribution in [3.8, 4) is 11.4 Å². The number of fused-ring (bicyclic) bond motifs is 1. The van der Waals surface area contributed by atoms with Crippen molar-refractivity contribution in [3.63, 3.8) is 0 Å². The number of rotatable bonds is 7. The summed E-state index contributed by atoms with van der Waals surface area (Å²) in [5, 5.41) is 7.25. The van der Waals surface area contributed by atoms with E-state index in [9.17, 15) is 22.8 Å². The van der Waals surface area contributed by atoms with Gasteiger partial charge in [0.1, 0.15) is 11.9 Å². The van der Waals surface area contributed by atoms with Gasteiger partial charge in [-0.2, -0.15) is 18.3 Å². The smallest absolute Gasteiger partial charge is 0.471 e. The number of aryl methyl sites for hydroxylation is 1. The fraction of sp³-hybridized carbons (Fsp3) is 0.269. The van der Waals surface area contributed by atoms with Crippen LogP contribution in [0.5, 0.6) is 5.75 Å². The molecular formula is C26H25F3N4O3. The minimum atomic E-state index is -5.01. The normalized spacial score (nSPS) is 13.5. The van der Waals surface area contributed by atoms with Crippen molar-refractivity contribution >= 4 is 16.8 Å². The molecule has 0 fully saturated rings. The SMILES string of the molecule is CC(C)C(NC(=O)C(F)(F)F)[C@H](Oc1ccc2c(cnn2-c2ccc(=O)n(C)c2)c1)c1ccccc1. The summed E-state index contributed by atoms with van der Waals surface area (Å²) in [7, 11) is 1.65. The lowest BCUT2D eigenvalue weighted by molar-refractivity contribution is -0.175. The van der Waals surface area contributed by atoms with Crippen molar-refractivity contribution in [3.05, 3.63) is 89.0 Å². The Bertz CT molecular complexity index is 1430. The highest BCUT2D eigenvalue weighted by atomic mass is 19.4. The maximum absolute atomic E-state index is 13.0. The van der Waals surface area contributed by atoms with Crippen LogP contribution in [0.3, 0.4) is 0 Å². The zero-order chi connectivity index (χ0) is 26.0. The highest BCUT2D eigenvalue weighted by Crippen LogP contribution is 2.31. The number of pyridine rings is 1. The predicted molar refractivity (Wildman–Crippen MR) is 129 cm³/mol. The molecule has 4 aromatic rings. The van der Waals surface area contributed by atoms with Gasteiger partial charge in [0.15, 0.2) is 0 Å². The van der Waals surface area contributed by atoms with Crippen molar-refractivity contribution in [2.75, 3.05) is 0 Å². The Labute approximate surface area is 205 Å². The number of alkyl halides is 3. The molecule has 0 saturated carbocycles. The average Bonchev–Trinajstić information content (AvgIpc) is 3.26. The van der Waals surface area contributed by atoms with Crippen LogP contribution in [0.2, 0.25) is 0 Å². The number of ether oxygens (including phenoxy) is 1. The topological polar surface area (TPSA) is 78.2 Å².